The molecule has 4 rings (SSSR count). The van der Waals surface area contributed by atoms with Gasteiger partial charge in [0.05, 0.1) is 17.4 Å². The third kappa shape index (κ3) is 2.71. The van der Waals surface area contributed by atoms with Gasteiger partial charge in [-0.3, -0.25) is 0 Å². The average molecular weight is 321 g/mol. The molecule has 23 heavy (non-hydrogen) atoms. The fraction of sp³-hybridized carbons (Fsp3) is 0.111. The highest BCUT2D eigenvalue weighted by Crippen LogP contribution is 2.31. The lowest BCUT2D eigenvalue weighted by molar-refractivity contribution is 0.474. The number of hydrogen-bond acceptors (Lipinski definition) is 5. The van der Waals surface area contributed by atoms with E-state index in [4.69, 9.17) is 4.98 Å². The number of aromatic nitrogens is 1. The van der Waals surface area contributed by atoms with Crippen molar-refractivity contribution in [3.8, 4) is 16.3 Å². The SMILES string of the molecule is Oc1ccccc1C1=NNC(c2csc(-c3ccccc3)n2)C1. The van der Waals surface area contributed by atoms with Gasteiger partial charge in [-0.1, -0.05) is 42.5 Å². The van der Waals surface area contributed by atoms with Gasteiger partial charge in [-0.15, -0.1) is 11.3 Å². The molecule has 2 N–H and O–H groups in total. The van der Waals surface area contributed by atoms with Gasteiger partial charge in [0.25, 0.3) is 0 Å². The zero-order valence-corrected chi connectivity index (χ0v) is 13.1. The Bertz CT molecular complexity index is 857. The Morgan fingerprint density at radius 1 is 1.04 bits per heavy atom. The molecule has 0 spiro atoms. The summed E-state index contributed by atoms with van der Waals surface area (Å²) >= 11 is 1.64. The minimum atomic E-state index is 0.0540. The third-order valence-electron chi connectivity index (χ3n) is 3.87. The first-order chi connectivity index (χ1) is 11.3. The van der Waals surface area contributed by atoms with Crippen LogP contribution in [0.4, 0.5) is 0 Å². The van der Waals surface area contributed by atoms with Crippen molar-refractivity contribution < 1.29 is 5.11 Å². The molecule has 4 nitrogen and oxygen atoms in total. The molecule has 1 unspecified atom stereocenters. The van der Waals surface area contributed by atoms with Crippen molar-refractivity contribution in [1.29, 1.82) is 0 Å². The van der Waals surface area contributed by atoms with Crippen molar-refractivity contribution >= 4 is 17.0 Å². The number of rotatable bonds is 3. The normalized spacial score (nSPS) is 16.9. The van der Waals surface area contributed by atoms with Gasteiger partial charge in [0.2, 0.25) is 0 Å². The van der Waals surface area contributed by atoms with Crippen LogP contribution in [0.1, 0.15) is 23.7 Å². The van der Waals surface area contributed by atoms with Crippen LogP contribution < -0.4 is 5.43 Å². The molecule has 0 fully saturated rings. The molecule has 0 saturated carbocycles. The maximum Gasteiger partial charge on any atom is 0.124 e. The molecule has 0 radical (unpaired) electrons. The predicted molar refractivity (Wildman–Crippen MR) is 92.7 cm³/mol. The zero-order valence-electron chi connectivity index (χ0n) is 12.3. The van der Waals surface area contributed by atoms with Gasteiger partial charge in [0, 0.05) is 22.9 Å². The highest BCUT2D eigenvalue weighted by molar-refractivity contribution is 7.13. The van der Waals surface area contributed by atoms with Gasteiger partial charge in [0.15, 0.2) is 0 Å². The van der Waals surface area contributed by atoms with Crippen LogP contribution in [-0.2, 0) is 0 Å². The van der Waals surface area contributed by atoms with Gasteiger partial charge in [-0.2, -0.15) is 5.10 Å². The number of nitrogens with zero attached hydrogens (tertiary/aromatic N) is 2. The maximum atomic E-state index is 9.96. The summed E-state index contributed by atoms with van der Waals surface area (Å²) in [5.41, 5.74) is 6.89. The van der Waals surface area contributed by atoms with E-state index in [0.29, 0.717) is 0 Å². The summed E-state index contributed by atoms with van der Waals surface area (Å²) in [6, 6.07) is 17.5. The van der Waals surface area contributed by atoms with Crippen molar-refractivity contribution in [2.75, 3.05) is 0 Å². The van der Waals surface area contributed by atoms with Gasteiger partial charge in [-0.25, -0.2) is 4.98 Å². The number of thiazole rings is 1. The first-order valence-corrected chi connectivity index (χ1v) is 8.30. The molecule has 1 aromatic heterocycles. The molecule has 1 atom stereocenters. The van der Waals surface area contributed by atoms with Crippen LogP contribution in [0.5, 0.6) is 5.75 Å². The number of para-hydroxylation sites is 1. The molecule has 114 valence electrons. The quantitative estimate of drug-likeness (QED) is 0.768. The lowest BCUT2D eigenvalue weighted by Crippen LogP contribution is -2.10. The van der Waals surface area contributed by atoms with Gasteiger partial charge < -0.3 is 10.5 Å². The highest BCUT2D eigenvalue weighted by Gasteiger charge is 2.24. The fourth-order valence-electron chi connectivity index (χ4n) is 2.66. The molecule has 0 amide bonds. The smallest absolute Gasteiger partial charge is 0.124 e. The standard InChI is InChI=1S/C18H15N3OS/c22-17-9-5-4-8-13(17)14-10-15(21-20-14)16-11-23-18(19-16)12-6-2-1-3-7-12/h1-9,11,15,21-22H,10H2. The van der Waals surface area contributed by atoms with Crippen LogP contribution >= 0.6 is 11.3 Å². The summed E-state index contributed by atoms with van der Waals surface area (Å²) in [6.07, 6.45) is 0.718. The second-order valence-corrected chi connectivity index (χ2v) is 6.26. The summed E-state index contributed by atoms with van der Waals surface area (Å²) < 4.78 is 0. The molecular weight excluding hydrogens is 306 g/mol. The first kappa shape index (κ1) is 14.0. The summed E-state index contributed by atoms with van der Waals surface area (Å²) in [5, 5.41) is 17.4. The largest absolute Gasteiger partial charge is 0.507 e. The van der Waals surface area contributed by atoms with E-state index in [2.05, 4.69) is 28.0 Å². The number of phenolic OH excluding ortho intramolecular Hbond substituents is 1. The Labute approximate surface area is 138 Å². The molecule has 5 heteroatoms. The van der Waals surface area contributed by atoms with E-state index in [0.717, 1.165) is 34.0 Å². The Kier molecular flexibility index (Phi) is 3.55. The van der Waals surface area contributed by atoms with Crippen LogP contribution in [-0.4, -0.2) is 15.8 Å². The first-order valence-electron chi connectivity index (χ1n) is 7.42. The van der Waals surface area contributed by atoms with Crippen LogP contribution in [0.25, 0.3) is 10.6 Å². The van der Waals surface area contributed by atoms with Gasteiger partial charge in [-0.05, 0) is 12.1 Å². The Morgan fingerprint density at radius 2 is 1.83 bits per heavy atom. The van der Waals surface area contributed by atoms with Crippen molar-refractivity contribution in [3.63, 3.8) is 0 Å². The van der Waals surface area contributed by atoms with Gasteiger partial charge >= 0.3 is 0 Å². The van der Waals surface area contributed by atoms with E-state index in [1.54, 1.807) is 17.4 Å². The Morgan fingerprint density at radius 3 is 2.65 bits per heavy atom. The minimum absolute atomic E-state index is 0.0540. The second kappa shape index (κ2) is 5.85. The third-order valence-corrected chi connectivity index (χ3v) is 4.78. The lowest BCUT2D eigenvalue weighted by atomic mass is 10.0. The van der Waals surface area contributed by atoms with E-state index < -0.39 is 0 Å². The molecular formula is C18H15N3OS. The summed E-state index contributed by atoms with van der Waals surface area (Å²) in [7, 11) is 0. The van der Waals surface area contributed by atoms with Gasteiger partial charge in [0.1, 0.15) is 10.8 Å². The molecule has 0 bridgehead atoms. The van der Waals surface area contributed by atoms with Crippen molar-refractivity contribution in [2.24, 2.45) is 5.10 Å². The molecule has 2 heterocycles. The Balaban J connectivity index is 1.54. The van der Waals surface area contributed by atoms with E-state index in [1.807, 2.05) is 36.4 Å². The summed E-state index contributed by atoms with van der Waals surface area (Å²) in [4.78, 5) is 4.73. The molecule has 1 aliphatic rings. The number of phenols is 1. The zero-order chi connectivity index (χ0) is 15.6. The molecule has 2 aromatic carbocycles. The topological polar surface area (TPSA) is 57.5 Å². The van der Waals surface area contributed by atoms with E-state index >= 15 is 0 Å². The summed E-state index contributed by atoms with van der Waals surface area (Å²) in [5.74, 6) is 0.261. The Hall–Kier alpha value is -2.66. The number of nitrogens with one attached hydrogen (secondary N) is 1. The highest BCUT2D eigenvalue weighted by atomic mass is 32.1. The second-order valence-electron chi connectivity index (χ2n) is 5.41. The number of benzene rings is 2. The maximum absolute atomic E-state index is 9.96. The van der Waals surface area contributed by atoms with Crippen LogP contribution in [0, 0.1) is 0 Å². The number of hydrogen-bond donors (Lipinski definition) is 2. The van der Waals surface area contributed by atoms with Crippen molar-refractivity contribution in [3.05, 3.63) is 71.2 Å². The minimum Gasteiger partial charge on any atom is -0.507 e. The molecule has 0 saturated heterocycles. The van der Waals surface area contributed by atoms with E-state index in [-0.39, 0.29) is 11.8 Å². The molecule has 3 aromatic rings. The number of hydrazone groups is 1. The summed E-state index contributed by atoms with van der Waals surface area (Å²) in [6.45, 7) is 0. The molecule has 0 aliphatic carbocycles. The van der Waals surface area contributed by atoms with Crippen LogP contribution in [0.3, 0.4) is 0 Å². The van der Waals surface area contributed by atoms with E-state index in [9.17, 15) is 5.11 Å². The monoisotopic (exact) mass is 321 g/mol. The van der Waals surface area contributed by atoms with E-state index in [1.165, 1.54) is 0 Å². The molecule has 1 aliphatic heterocycles. The van der Waals surface area contributed by atoms with Crippen LogP contribution in [0.2, 0.25) is 0 Å². The predicted octanol–water partition coefficient (Wildman–Crippen LogP) is 3.95. The van der Waals surface area contributed by atoms with Crippen LogP contribution in [0.15, 0.2) is 65.1 Å². The fourth-order valence-corrected chi connectivity index (χ4v) is 3.54. The van der Waals surface area contributed by atoms with Crippen molar-refractivity contribution in [2.45, 2.75) is 12.5 Å². The lowest BCUT2D eigenvalue weighted by Gasteiger charge is -2.06. The van der Waals surface area contributed by atoms with Crippen molar-refractivity contribution in [1.82, 2.24) is 10.4 Å². The number of aromatic hydroxyl groups is 1. The average Bonchev–Trinajstić information content (AvgIpc) is 3.25.